The van der Waals surface area contributed by atoms with E-state index in [1.54, 1.807) is 0 Å². The first-order valence-electron chi connectivity index (χ1n) is 8.85. The van der Waals surface area contributed by atoms with Gasteiger partial charge in [-0.1, -0.05) is 6.07 Å². The Morgan fingerprint density at radius 1 is 0.833 bits per heavy atom. The maximum absolute atomic E-state index is 5.39. The summed E-state index contributed by atoms with van der Waals surface area (Å²) >= 11 is 0. The molecule has 0 atom stereocenters. The van der Waals surface area contributed by atoms with Gasteiger partial charge in [0.1, 0.15) is 5.82 Å². The van der Waals surface area contributed by atoms with Crippen LogP contribution in [0.15, 0.2) is 36.7 Å². The summed E-state index contributed by atoms with van der Waals surface area (Å²) in [6.45, 7) is 6.79. The lowest BCUT2D eigenvalue weighted by atomic mass is 10.1. The summed E-state index contributed by atoms with van der Waals surface area (Å²) in [5.74, 6) is 1.09. The Bertz CT molecular complexity index is 644. The van der Waals surface area contributed by atoms with Crippen LogP contribution < -0.4 is 4.90 Å². The molecule has 0 bridgehead atoms. The van der Waals surface area contributed by atoms with Crippen molar-refractivity contribution in [3.8, 4) is 11.1 Å². The Labute approximate surface area is 143 Å². The van der Waals surface area contributed by atoms with Gasteiger partial charge in [0.2, 0.25) is 0 Å². The summed E-state index contributed by atoms with van der Waals surface area (Å²) in [5.41, 5.74) is 3.37. The van der Waals surface area contributed by atoms with Gasteiger partial charge in [-0.2, -0.15) is 0 Å². The van der Waals surface area contributed by atoms with Crippen molar-refractivity contribution >= 4 is 5.82 Å². The number of morpholine rings is 1. The quantitative estimate of drug-likeness (QED) is 0.865. The molecule has 0 amide bonds. The smallest absolute Gasteiger partial charge is 0.128 e. The largest absolute Gasteiger partial charge is 0.379 e. The van der Waals surface area contributed by atoms with E-state index in [0.29, 0.717) is 0 Å². The molecular weight excluding hydrogens is 300 g/mol. The zero-order valence-corrected chi connectivity index (χ0v) is 14.0. The van der Waals surface area contributed by atoms with Crippen LogP contribution in [-0.2, 0) is 11.3 Å². The summed E-state index contributed by atoms with van der Waals surface area (Å²) in [4.78, 5) is 14.0. The number of ether oxygens (including phenoxy) is 1. The second-order valence-electron chi connectivity index (χ2n) is 6.53. The number of pyridine rings is 2. The van der Waals surface area contributed by atoms with Gasteiger partial charge < -0.3 is 9.64 Å². The Balaban J connectivity index is 1.42. The SMILES string of the molecule is c1cc(CN2CCOCC2)ncc1-c1ccc(N2CCCC2)nc1. The topological polar surface area (TPSA) is 41.5 Å². The molecule has 0 unspecified atom stereocenters. The van der Waals surface area contributed by atoms with E-state index in [1.807, 2.05) is 12.4 Å². The van der Waals surface area contributed by atoms with Crippen molar-refractivity contribution in [3.05, 3.63) is 42.4 Å². The number of hydrogen-bond acceptors (Lipinski definition) is 5. The van der Waals surface area contributed by atoms with Gasteiger partial charge in [0.05, 0.1) is 18.9 Å². The molecular formula is C19H24N4O. The summed E-state index contributed by atoms with van der Waals surface area (Å²) in [7, 11) is 0. The molecule has 4 heterocycles. The van der Waals surface area contributed by atoms with Crippen LogP contribution >= 0.6 is 0 Å². The predicted molar refractivity (Wildman–Crippen MR) is 95.0 cm³/mol. The van der Waals surface area contributed by atoms with E-state index in [1.165, 1.54) is 12.8 Å². The number of nitrogens with zero attached hydrogens (tertiary/aromatic N) is 4. The highest BCUT2D eigenvalue weighted by atomic mass is 16.5. The molecule has 126 valence electrons. The first-order chi connectivity index (χ1) is 11.9. The van der Waals surface area contributed by atoms with Crippen LogP contribution in [0.4, 0.5) is 5.82 Å². The molecule has 24 heavy (non-hydrogen) atoms. The lowest BCUT2D eigenvalue weighted by Gasteiger charge is -2.26. The van der Waals surface area contributed by atoms with Crippen LogP contribution in [0.2, 0.25) is 0 Å². The molecule has 2 aromatic heterocycles. The fourth-order valence-electron chi connectivity index (χ4n) is 3.37. The van der Waals surface area contributed by atoms with Crippen LogP contribution in [0.3, 0.4) is 0 Å². The molecule has 4 rings (SSSR count). The standard InChI is InChI=1S/C19H24N4O/c1-2-8-23(7-1)19-6-4-17(14-21-19)16-3-5-18(20-13-16)15-22-9-11-24-12-10-22/h3-6,13-14H,1-2,7-12,15H2. The van der Waals surface area contributed by atoms with E-state index in [0.717, 1.165) is 68.6 Å². The molecule has 5 heteroatoms. The Morgan fingerprint density at radius 3 is 2.17 bits per heavy atom. The first-order valence-corrected chi connectivity index (χ1v) is 8.85. The van der Waals surface area contributed by atoms with Gasteiger partial charge >= 0.3 is 0 Å². The maximum atomic E-state index is 5.39. The zero-order chi connectivity index (χ0) is 16.2. The molecule has 2 aliphatic rings. The van der Waals surface area contributed by atoms with Crippen molar-refractivity contribution in [1.82, 2.24) is 14.9 Å². The second kappa shape index (κ2) is 7.28. The van der Waals surface area contributed by atoms with Gasteiger partial charge in [-0.3, -0.25) is 9.88 Å². The van der Waals surface area contributed by atoms with Crippen molar-refractivity contribution in [3.63, 3.8) is 0 Å². The van der Waals surface area contributed by atoms with Gasteiger partial charge in [0.15, 0.2) is 0 Å². The van der Waals surface area contributed by atoms with Crippen LogP contribution in [0.1, 0.15) is 18.5 Å². The number of anilines is 1. The fraction of sp³-hybridized carbons (Fsp3) is 0.474. The third-order valence-electron chi connectivity index (χ3n) is 4.83. The van der Waals surface area contributed by atoms with Gasteiger partial charge in [-0.25, -0.2) is 4.98 Å². The molecule has 0 spiro atoms. The van der Waals surface area contributed by atoms with Gasteiger partial charge in [0, 0.05) is 56.2 Å². The summed E-state index contributed by atoms with van der Waals surface area (Å²) < 4.78 is 5.39. The predicted octanol–water partition coefficient (Wildman–Crippen LogP) is 2.58. The zero-order valence-electron chi connectivity index (χ0n) is 14.0. The summed E-state index contributed by atoms with van der Waals surface area (Å²) in [6, 6.07) is 8.55. The highest BCUT2D eigenvalue weighted by Crippen LogP contribution is 2.22. The molecule has 0 aromatic carbocycles. The van der Waals surface area contributed by atoms with Crippen molar-refractivity contribution in [1.29, 1.82) is 0 Å². The maximum Gasteiger partial charge on any atom is 0.128 e. The fourth-order valence-corrected chi connectivity index (χ4v) is 3.37. The van der Waals surface area contributed by atoms with E-state index in [-0.39, 0.29) is 0 Å². The van der Waals surface area contributed by atoms with E-state index in [9.17, 15) is 0 Å². The monoisotopic (exact) mass is 324 g/mol. The van der Waals surface area contributed by atoms with E-state index in [2.05, 4.69) is 44.0 Å². The van der Waals surface area contributed by atoms with E-state index >= 15 is 0 Å². The molecule has 2 saturated heterocycles. The number of rotatable bonds is 4. The molecule has 5 nitrogen and oxygen atoms in total. The van der Waals surface area contributed by atoms with Gasteiger partial charge in [-0.05, 0) is 31.0 Å². The summed E-state index contributed by atoms with van der Waals surface area (Å²) in [5, 5.41) is 0. The molecule has 0 aliphatic carbocycles. The molecule has 0 radical (unpaired) electrons. The second-order valence-corrected chi connectivity index (χ2v) is 6.53. The lowest BCUT2D eigenvalue weighted by Crippen LogP contribution is -2.35. The minimum atomic E-state index is 0.827. The Morgan fingerprint density at radius 2 is 1.54 bits per heavy atom. The lowest BCUT2D eigenvalue weighted by molar-refractivity contribution is 0.0336. The molecule has 2 aliphatic heterocycles. The van der Waals surface area contributed by atoms with Crippen LogP contribution in [0.5, 0.6) is 0 Å². The third kappa shape index (κ3) is 3.57. The average Bonchev–Trinajstić information content (AvgIpc) is 3.18. The number of aromatic nitrogens is 2. The molecule has 0 saturated carbocycles. The van der Waals surface area contributed by atoms with Crippen molar-refractivity contribution < 1.29 is 4.74 Å². The molecule has 2 aromatic rings. The van der Waals surface area contributed by atoms with Crippen molar-refractivity contribution in [2.45, 2.75) is 19.4 Å². The first kappa shape index (κ1) is 15.5. The Kier molecular flexibility index (Phi) is 4.71. The van der Waals surface area contributed by atoms with Crippen LogP contribution in [0, 0.1) is 0 Å². The van der Waals surface area contributed by atoms with E-state index in [4.69, 9.17) is 4.74 Å². The average molecular weight is 324 g/mol. The Hall–Kier alpha value is -1.98. The van der Waals surface area contributed by atoms with E-state index < -0.39 is 0 Å². The van der Waals surface area contributed by atoms with Crippen molar-refractivity contribution in [2.24, 2.45) is 0 Å². The normalized spacial score (nSPS) is 18.9. The summed E-state index contributed by atoms with van der Waals surface area (Å²) in [6.07, 6.45) is 6.48. The molecule has 0 N–H and O–H groups in total. The molecule has 2 fully saturated rings. The van der Waals surface area contributed by atoms with Gasteiger partial charge in [-0.15, -0.1) is 0 Å². The minimum absolute atomic E-state index is 0.827. The highest BCUT2D eigenvalue weighted by Gasteiger charge is 2.14. The number of hydrogen-bond donors (Lipinski definition) is 0. The van der Waals surface area contributed by atoms with Crippen LogP contribution in [0.25, 0.3) is 11.1 Å². The van der Waals surface area contributed by atoms with Crippen LogP contribution in [-0.4, -0.2) is 54.3 Å². The van der Waals surface area contributed by atoms with Crippen molar-refractivity contribution in [2.75, 3.05) is 44.3 Å². The minimum Gasteiger partial charge on any atom is -0.379 e. The van der Waals surface area contributed by atoms with Gasteiger partial charge in [0.25, 0.3) is 0 Å². The highest BCUT2D eigenvalue weighted by molar-refractivity contribution is 5.63. The third-order valence-corrected chi connectivity index (χ3v) is 4.83.